The summed E-state index contributed by atoms with van der Waals surface area (Å²) in [4.78, 5) is 35.0. The Kier molecular flexibility index (Phi) is 42.6. The Morgan fingerprint density at radius 3 is 1.03 bits per heavy atom. The third-order valence-corrected chi connectivity index (χ3v) is 17.9. The molecule has 20 N–H and O–H groups in total. The number of fused-ring (bicyclic) bond motifs is 2. The number of carbonyl (C=O) groups excluding carboxylic acids is 3. The van der Waals surface area contributed by atoms with Crippen molar-refractivity contribution in [2.75, 3.05) is 72.7 Å². The van der Waals surface area contributed by atoms with Gasteiger partial charge in [0.15, 0.2) is 56.6 Å². The largest absolute Gasteiger partial charge is 0.465 e. The number of carbonyl (C=O) groups is 3. The topological polar surface area (TPSA) is 646 Å². The second kappa shape index (κ2) is 47.3. The first kappa shape index (κ1) is 99.2. The number of aliphatic hydroxyl groups is 20. The molecule has 110 heavy (non-hydrogen) atoms. The van der Waals surface area contributed by atoms with Crippen molar-refractivity contribution in [3.8, 4) is 6.07 Å². The third kappa shape index (κ3) is 27.7. The molecule has 0 radical (unpaired) electrons. The fourth-order valence-electron chi connectivity index (χ4n) is 11.9. The smallest absolute Gasteiger partial charge is 0.333 e. The van der Waals surface area contributed by atoms with Gasteiger partial charge in [-0.15, -0.1) is 17.9 Å². The molecule has 0 aromatic carbocycles. The molecular formula is C66H115NO41P2. The van der Waals surface area contributed by atoms with E-state index in [0.717, 1.165) is 0 Å². The first-order chi connectivity index (χ1) is 51.8. The highest BCUT2D eigenvalue weighted by atomic mass is 32.0. The minimum absolute atomic E-state index is 0.00387. The van der Waals surface area contributed by atoms with Crippen LogP contribution in [0.15, 0.2) is 24.3 Å². The third-order valence-electron chi connectivity index (χ3n) is 17.9. The van der Waals surface area contributed by atoms with E-state index in [0.29, 0.717) is 31.6 Å². The maximum atomic E-state index is 12.5. The Balaban J connectivity index is 0.000000322. The molecule has 640 valence electrons. The standard InChI is InChI=1S/C24H39NO13.C19H30O13.C12H22O11.C11H20O4.H4P2/c1-23(2,10-25)9-24(3,4)22(32)33-6-5-13-34-8-12-19(37-13)16(29)18(31)21(36-12)38-20-17(30)15(28)14(27)11(7-26)35-20;1-7(2)17(26)27-4-3-10-28-6-9-16(31-10)13(23)15(25)19(30-9)32-18-14(24)12(22)11(21)8(5-20)29-18;13-1-3-5(15)7(17)9(19)11(21-3)23-12-10(20)8(18)6(16)4(2-14)22-12;1-5-13-10(14-6-2)7-8-15-11(12)9(3)4;1-2/h11-21,26-31H,5-9H2,1-4H3;8-16,18-25H,1,3-6H2,2H3;3-20H,1-2H2;10H,3,5-8H2,1-2,4H3;1-2H2/t11-,12-,13?,14-,15+,16-,17-,18-,19-,20+,21-;8-,9-,10?,11-,12+,13-,14-,15-,16-,18+,19-;3-,4-,5-,6-,7+,8+,9-,10-,11-,12+;;/m111../s1. The maximum absolute atomic E-state index is 12.5. The van der Waals surface area contributed by atoms with Crippen molar-refractivity contribution in [2.45, 2.75) is 284 Å². The summed E-state index contributed by atoms with van der Waals surface area (Å²) in [6, 6.07) is 2.17. The summed E-state index contributed by atoms with van der Waals surface area (Å²) in [7, 11) is 4.67. The van der Waals surface area contributed by atoms with Gasteiger partial charge in [-0.05, 0) is 61.8 Å². The lowest BCUT2D eigenvalue weighted by Gasteiger charge is -2.48. The van der Waals surface area contributed by atoms with Crippen LogP contribution in [0.4, 0.5) is 0 Å². The number of nitriles is 1. The Morgan fingerprint density at radius 1 is 0.445 bits per heavy atom. The van der Waals surface area contributed by atoms with E-state index in [2.05, 4.69) is 37.1 Å². The lowest BCUT2D eigenvalue weighted by atomic mass is 9.76. The van der Waals surface area contributed by atoms with Crippen LogP contribution in [0.3, 0.4) is 0 Å². The molecule has 42 nitrogen and oxygen atoms in total. The molecular weight excluding hydrogens is 1520 g/mol. The number of hydrogen-bond acceptors (Lipinski definition) is 42. The van der Waals surface area contributed by atoms with E-state index in [1.54, 1.807) is 34.6 Å². The van der Waals surface area contributed by atoms with Crippen LogP contribution in [0.25, 0.3) is 0 Å². The van der Waals surface area contributed by atoms with Crippen LogP contribution >= 0.6 is 17.9 Å². The average molecular weight is 1640 g/mol. The summed E-state index contributed by atoms with van der Waals surface area (Å²) in [5.41, 5.74) is -0.929. The SMILES string of the molecule is C=C(C)C(=O)OCCC(OCC)OCC.C=C(C)C(=O)OCCC1OC[C@H]2O[C@H](O[C@@H]3O[C@H](CO)[C@@H](O)[C@H](O)[C@H]3O)[C@H](O)[C@@H](O)[C@@H]2O1.CC(C)(C#N)CC(C)(C)C(=O)OCCC1OC[C@H]2O[C@H](O[C@@H]3O[C@H](CO)[C@@H](O)[C@H](O)[C@H]3O)[C@H](O)[C@@H](O)[C@@H]2O1.OC[C@H]1O[C@@H](O[C@H]2O[C@H](CO)[C@@H](O)[C@H](O)[C@H]2O)[C@H](O)[C@@H](O)[C@@H]1O.PP. The van der Waals surface area contributed by atoms with E-state index >= 15 is 0 Å². The van der Waals surface area contributed by atoms with Gasteiger partial charge in [-0.3, -0.25) is 4.79 Å². The van der Waals surface area contributed by atoms with Gasteiger partial charge in [-0.25, -0.2) is 9.59 Å². The molecule has 0 amide bonds. The molecule has 8 fully saturated rings. The second-order valence-electron chi connectivity index (χ2n) is 27.7. The summed E-state index contributed by atoms with van der Waals surface area (Å²) >= 11 is 0. The van der Waals surface area contributed by atoms with Gasteiger partial charge in [0.25, 0.3) is 0 Å². The zero-order valence-corrected chi connectivity index (χ0v) is 64.5. The van der Waals surface area contributed by atoms with E-state index in [-0.39, 0.29) is 63.7 Å². The second-order valence-corrected chi connectivity index (χ2v) is 27.7. The van der Waals surface area contributed by atoms with Crippen molar-refractivity contribution >= 4 is 35.8 Å². The van der Waals surface area contributed by atoms with Crippen LogP contribution in [-0.4, -0.2) is 396 Å². The first-order valence-electron chi connectivity index (χ1n) is 35.3. The highest BCUT2D eigenvalue weighted by Crippen LogP contribution is 2.38. The molecule has 0 bridgehead atoms. The Morgan fingerprint density at radius 2 is 0.736 bits per heavy atom. The molecule has 8 heterocycles. The van der Waals surface area contributed by atoms with E-state index in [9.17, 15) is 112 Å². The Labute approximate surface area is 638 Å². The van der Waals surface area contributed by atoms with E-state index < -0.39 is 246 Å². The molecule has 0 aromatic rings. The maximum Gasteiger partial charge on any atom is 0.333 e. The molecule has 8 rings (SSSR count). The Hall–Kier alpha value is -3.16. The van der Waals surface area contributed by atoms with Gasteiger partial charge >= 0.3 is 17.9 Å². The number of aliphatic hydroxyl groups excluding tert-OH is 20. The average Bonchev–Trinajstić information content (AvgIpc) is 0.785. The van der Waals surface area contributed by atoms with Crippen molar-refractivity contribution in [1.29, 1.82) is 5.26 Å². The molecule has 0 saturated carbocycles. The predicted octanol–water partition coefficient (Wildman–Crippen LogP) is -8.46. The summed E-state index contributed by atoms with van der Waals surface area (Å²) in [6.07, 6.45) is -44.9. The minimum atomic E-state index is -1.72. The van der Waals surface area contributed by atoms with Crippen LogP contribution in [0, 0.1) is 22.2 Å². The highest BCUT2D eigenvalue weighted by Gasteiger charge is 2.56. The predicted molar refractivity (Wildman–Crippen MR) is 370 cm³/mol. The van der Waals surface area contributed by atoms with Gasteiger partial charge in [-0.2, -0.15) is 5.26 Å². The molecule has 8 aliphatic rings. The van der Waals surface area contributed by atoms with Crippen molar-refractivity contribution in [3.63, 3.8) is 0 Å². The Bertz CT molecular complexity index is 2730. The summed E-state index contributed by atoms with van der Waals surface area (Å²) in [5, 5.41) is 206. The van der Waals surface area contributed by atoms with E-state index in [1.807, 2.05) is 13.8 Å². The lowest BCUT2D eigenvalue weighted by Crippen LogP contribution is -2.65. The fourth-order valence-corrected chi connectivity index (χ4v) is 11.9. The van der Waals surface area contributed by atoms with Gasteiger partial charge in [-0.1, -0.05) is 13.2 Å². The molecule has 34 atom stereocenters. The normalized spacial score (nSPS) is 39.1. The van der Waals surface area contributed by atoms with Gasteiger partial charge in [0, 0.05) is 43.6 Å². The first-order valence-corrected chi connectivity index (χ1v) is 38.0. The van der Waals surface area contributed by atoms with Crippen LogP contribution in [0.5, 0.6) is 0 Å². The van der Waals surface area contributed by atoms with Crippen LogP contribution < -0.4 is 0 Å². The molecule has 8 aliphatic heterocycles. The van der Waals surface area contributed by atoms with Crippen molar-refractivity contribution in [1.82, 2.24) is 0 Å². The molecule has 0 aromatic heterocycles. The van der Waals surface area contributed by atoms with E-state index in [1.165, 1.54) is 6.92 Å². The molecule has 8 saturated heterocycles. The summed E-state index contributed by atoms with van der Waals surface area (Å²) < 4.78 is 96.2. The zero-order valence-electron chi connectivity index (χ0n) is 62.2. The van der Waals surface area contributed by atoms with Crippen molar-refractivity contribution in [3.05, 3.63) is 24.3 Å². The van der Waals surface area contributed by atoms with Gasteiger partial charge in [0.1, 0.15) is 146 Å². The number of rotatable bonds is 28. The summed E-state index contributed by atoms with van der Waals surface area (Å²) in [5.74, 6) is -1.40. The van der Waals surface area contributed by atoms with Crippen molar-refractivity contribution in [2.24, 2.45) is 10.8 Å². The number of ether oxygens (including phenoxy) is 18. The molecule has 4 unspecified atom stereocenters. The fraction of sp³-hybridized carbons (Fsp3) is 0.879. The van der Waals surface area contributed by atoms with Gasteiger partial charge in [0.2, 0.25) is 0 Å². The summed E-state index contributed by atoms with van der Waals surface area (Å²) in [6.45, 7) is 19.4. The van der Waals surface area contributed by atoms with Gasteiger partial charge in [0.05, 0.1) is 76.4 Å². The monoisotopic (exact) mass is 1640 g/mol. The highest BCUT2D eigenvalue weighted by molar-refractivity contribution is 7.92. The van der Waals surface area contributed by atoms with E-state index in [4.69, 9.17) is 95.5 Å². The molecule has 0 spiro atoms. The number of esters is 3. The molecule has 44 heteroatoms. The number of hydrogen-bond donors (Lipinski definition) is 20. The van der Waals surface area contributed by atoms with Crippen LogP contribution in [-0.2, 0) is 99.6 Å². The zero-order chi connectivity index (χ0) is 83.0. The lowest BCUT2D eigenvalue weighted by molar-refractivity contribution is -0.398. The van der Waals surface area contributed by atoms with Crippen LogP contribution in [0.1, 0.15) is 81.1 Å². The number of nitrogens with zero attached hydrogens (tertiary/aromatic N) is 1. The van der Waals surface area contributed by atoms with Crippen LogP contribution in [0.2, 0.25) is 0 Å². The van der Waals surface area contributed by atoms with Crippen molar-refractivity contribution < 1.29 is 202 Å². The molecule has 0 aliphatic carbocycles. The van der Waals surface area contributed by atoms with Gasteiger partial charge < -0.3 is 187 Å². The minimum Gasteiger partial charge on any atom is -0.465 e. The quantitative estimate of drug-likeness (QED) is 0.0114.